The number of aromatic amines is 1. The first-order chi connectivity index (χ1) is 22.5. The van der Waals surface area contributed by atoms with Gasteiger partial charge in [-0.15, -0.1) is 5.10 Å². The number of benzene rings is 3. The van der Waals surface area contributed by atoms with E-state index in [0.717, 1.165) is 35.3 Å². The van der Waals surface area contributed by atoms with Gasteiger partial charge in [0.1, 0.15) is 12.4 Å². The Labute approximate surface area is 269 Å². The van der Waals surface area contributed by atoms with Crippen LogP contribution >= 0.6 is 0 Å². The van der Waals surface area contributed by atoms with Crippen LogP contribution in [0.25, 0.3) is 22.0 Å². The SMILES string of the molecule is CN(C)C(=O)C=CCNCCOc1ccc(C(=C(c2ccccc2)C2CCC2)c2ccc3[nH]nc(F)c3c2)cc1.O=C(O)C(F)(F)F. The van der Waals surface area contributed by atoms with Gasteiger partial charge in [0.15, 0.2) is 0 Å². The summed E-state index contributed by atoms with van der Waals surface area (Å²) in [5.41, 5.74) is 6.33. The number of nitrogens with one attached hydrogen (secondary N) is 2. The monoisotopic (exact) mass is 652 g/mol. The molecule has 47 heavy (non-hydrogen) atoms. The van der Waals surface area contributed by atoms with Crippen molar-refractivity contribution in [3.63, 3.8) is 0 Å². The van der Waals surface area contributed by atoms with Crippen molar-refractivity contribution in [1.82, 2.24) is 20.4 Å². The van der Waals surface area contributed by atoms with E-state index in [2.05, 4.69) is 51.9 Å². The number of allylic oxidation sites excluding steroid dienone is 1. The van der Waals surface area contributed by atoms with Crippen LogP contribution in [0.2, 0.25) is 0 Å². The molecule has 1 fully saturated rings. The minimum absolute atomic E-state index is 0.0332. The molecule has 0 bridgehead atoms. The van der Waals surface area contributed by atoms with Crippen molar-refractivity contribution in [2.45, 2.75) is 25.4 Å². The zero-order chi connectivity index (χ0) is 34.0. The number of aromatic nitrogens is 2. The molecule has 1 heterocycles. The molecule has 0 unspecified atom stereocenters. The maximum Gasteiger partial charge on any atom is 0.490 e. The number of ether oxygens (including phenoxy) is 1. The van der Waals surface area contributed by atoms with Gasteiger partial charge in [-0.3, -0.25) is 9.89 Å². The zero-order valence-electron chi connectivity index (χ0n) is 26.0. The van der Waals surface area contributed by atoms with E-state index >= 15 is 0 Å². The third-order valence-corrected chi connectivity index (χ3v) is 7.57. The Hall–Kier alpha value is -4.97. The first-order valence-electron chi connectivity index (χ1n) is 15.0. The molecule has 4 aromatic rings. The standard InChI is InChI=1S/C33H35FN4O2.C2HF3O2/c1-38(2)30(39)12-7-19-35-20-21-40-27-16-13-25(14-17-27)32(26-15-18-29-28(22-26)33(34)37-36-29)31(24-10-6-11-24)23-8-4-3-5-9-23;3-2(4,5)1(6)7/h3-5,7-9,12-18,22,24,35H,6,10-11,19-21H2,1-2H3,(H,36,37);(H,6,7). The van der Waals surface area contributed by atoms with Gasteiger partial charge in [0.05, 0.1) is 10.9 Å². The minimum Gasteiger partial charge on any atom is -0.492 e. The van der Waals surface area contributed by atoms with E-state index in [1.54, 1.807) is 20.2 Å². The van der Waals surface area contributed by atoms with E-state index in [1.807, 2.05) is 42.5 Å². The van der Waals surface area contributed by atoms with Crippen LogP contribution in [0, 0.1) is 11.9 Å². The Bertz CT molecular complexity index is 1710. The fraction of sp³-hybridized carbons (Fsp3) is 0.286. The van der Waals surface area contributed by atoms with E-state index < -0.39 is 18.1 Å². The summed E-state index contributed by atoms with van der Waals surface area (Å²) in [6.07, 6.45) is 1.78. The van der Waals surface area contributed by atoms with Gasteiger partial charge in [0.25, 0.3) is 0 Å². The number of nitrogens with zero attached hydrogens (tertiary/aromatic N) is 2. The second-order valence-electron chi connectivity index (χ2n) is 11.1. The Morgan fingerprint density at radius 3 is 2.28 bits per heavy atom. The maximum absolute atomic E-state index is 14.5. The smallest absolute Gasteiger partial charge is 0.490 e. The molecule has 248 valence electrons. The highest BCUT2D eigenvalue weighted by molar-refractivity contribution is 6.01. The van der Waals surface area contributed by atoms with Crippen molar-refractivity contribution < 1.29 is 37.0 Å². The van der Waals surface area contributed by atoms with Crippen molar-refractivity contribution >= 4 is 33.9 Å². The number of halogens is 4. The number of likely N-dealkylation sites (N-methyl/N-ethyl adjacent to an activating group) is 1. The molecule has 1 amide bonds. The number of rotatable bonds is 11. The average Bonchev–Trinajstić information content (AvgIpc) is 3.39. The van der Waals surface area contributed by atoms with Gasteiger partial charge in [0, 0.05) is 33.3 Å². The van der Waals surface area contributed by atoms with E-state index in [0.29, 0.717) is 36.5 Å². The Morgan fingerprint density at radius 2 is 1.68 bits per heavy atom. The van der Waals surface area contributed by atoms with E-state index in [4.69, 9.17) is 14.6 Å². The number of carbonyl (C=O) groups excluding carboxylic acids is 1. The van der Waals surface area contributed by atoms with Gasteiger partial charge in [-0.1, -0.05) is 61.0 Å². The fourth-order valence-electron chi connectivity index (χ4n) is 4.97. The van der Waals surface area contributed by atoms with Crippen molar-refractivity contribution in [2.75, 3.05) is 33.8 Å². The Kier molecular flexibility index (Phi) is 11.9. The molecule has 1 aliphatic carbocycles. The Balaban J connectivity index is 0.000000644. The molecule has 3 N–H and O–H groups in total. The largest absolute Gasteiger partial charge is 0.492 e. The number of aliphatic carboxylic acids is 1. The van der Waals surface area contributed by atoms with E-state index in [-0.39, 0.29) is 5.91 Å². The van der Waals surface area contributed by atoms with Gasteiger partial charge in [-0.25, -0.2) is 4.79 Å². The summed E-state index contributed by atoms with van der Waals surface area (Å²) in [6.45, 7) is 1.76. The molecule has 1 aromatic heterocycles. The average molecular weight is 653 g/mol. The van der Waals surface area contributed by atoms with Crippen LogP contribution in [0.15, 0.2) is 84.9 Å². The van der Waals surface area contributed by atoms with Crippen LogP contribution in [0.4, 0.5) is 17.6 Å². The normalized spacial score (nSPS) is 13.8. The van der Waals surface area contributed by atoms with E-state index in [9.17, 15) is 22.4 Å². The molecule has 0 spiro atoms. The van der Waals surface area contributed by atoms with Gasteiger partial charge in [-0.2, -0.15) is 17.6 Å². The summed E-state index contributed by atoms with van der Waals surface area (Å²) in [5, 5.41) is 17.4. The molecule has 8 nitrogen and oxygen atoms in total. The summed E-state index contributed by atoms with van der Waals surface area (Å²) >= 11 is 0. The lowest BCUT2D eigenvalue weighted by atomic mass is 9.73. The first kappa shape index (κ1) is 34.9. The predicted octanol–water partition coefficient (Wildman–Crippen LogP) is 6.71. The second-order valence-corrected chi connectivity index (χ2v) is 11.1. The molecular weight excluding hydrogens is 616 g/mol. The molecule has 3 aromatic carbocycles. The summed E-state index contributed by atoms with van der Waals surface area (Å²) in [4.78, 5) is 22.0. The topological polar surface area (TPSA) is 108 Å². The number of amides is 1. The quantitative estimate of drug-likeness (QED) is 0.0720. The third-order valence-electron chi connectivity index (χ3n) is 7.57. The van der Waals surface area contributed by atoms with Crippen LogP contribution in [-0.2, 0) is 9.59 Å². The van der Waals surface area contributed by atoms with Crippen LogP contribution in [-0.4, -0.2) is 72.0 Å². The lowest BCUT2D eigenvalue weighted by Crippen LogP contribution is -2.22. The van der Waals surface area contributed by atoms with Gasteiger partial charge >= 0.3 is 12.1 Å². The van der Waals surface area contributed by atoms with Crippen LogP contribution in [0.5, 0.6) is 5.75 Å². The van der Waals surface area contributed by atoms with Crippen LogP contribution in [0.3, 0.4) is 0 Å². The molecular formula is C35H36F4N4O4. The van der Waals surface area contributed by atoms with Crippen molar-refractivity contribution in [2.24, 2.45) is 5.92 Å². The molecule has 0 radical (unpaired) electrons. The number of carboxylic acid groups (broad SMARTS) is 1. The van der Waals surface area contributed by atoms with Gasteiger partial charge in [-0.05, 0) is 70.9 Å². The third kappa shape index (κ3) is 9.52. The van der Waals surface area contributed by atoms with Crippen LogP contribution in [0.1, 0.15) is 36.0 Å². The summed E-state index contributed by atoms with van der Waals surface area (Å²) < 4.78 is 52.2. The number of fused-ring (bicyclic) bond motifs is 1. The second kappa shape index (κ2) is 16.0. The summed E-state index contributed by atoms with van der Waals surface area (Å²) in [6, 6.07) is 24.5. The molecule has 12 heteroatoms. The van der Waals surface area contributed by atoms with Gasteiger partial charge in [0.2, 0.25) is 11.9 Å². The predicted molar refractivity (Wildman–Crippen MR) is 172 cm³/mol. The number of carbonyl (C=O) groups is 2. The highest BCUT2D eigenvalue weighted by Gasteiger charge is 2.38. The maximum atomic E-state index is 14.5. The van der Waals surface area contributed by atoms with E-state index in [1.165, 1.54) is 22.5 Å². The summed E-state index contributed by atoms with van der Waals surface area (Å²) in [5.74, 6) is -2.05. The number of hydrogen-bond donors (Lipinski definition) is 3. The zero-order valence-corrected chi connectivity index (χ0v) is 26.0. The van der Waals surface area contributed by atoms with Crippen molar-refractivity contribution in [3.05, 3.63) is 108 Å². The van der Waals surface area contributed by atoms with Crippen LogP contribution < -0.4 is 10.1 Å². The molecule has 0 atom stereocenters. The fourth-order valence-corrected chi connectivity index (χ4v) is 4.97. The number of H-pyrrole nitrogens is 1. The Morgan fingerprint density at radius 1 is 1.02 bits per heavy atom. The highest BCUT2D eigenvalue weighted by Crippen LogP contribution is 2.45. The molecule has 1 aliphatic rings. The molecule has 0 saturated heterocycles. The first-order valence-corrected chi connectivity index (χ1v) is 15.0. The molecule has 0 aliphatic heterocycles. The van der Waals surface area contributed by atoms with Crippen molar-refractivity contribution in [3.8, 4) is 5.75 Å². The lowest BCUT2D eigenvalue weighted by Gasteiger charge is -2.31. The summed E-state index contributed by atoms with van der Waals surface area (Å²) in [7, 11) is 3.46. The number of hydrogen-bond acceptors (Lipinski definition) is 5. The van der Waals surface area contributed by atoms with Crippen molar-refractivity contribution in [1.29, 1.82) is 0 Å². The minimum atomic E-state index is -5.08. The highest BCUT2D eigenvalue weighted by atomic mass is 19.4. The molecule has 1 saturated carbocycles. The number of alkyl halides is 3. The lowest BCUT2D eigenvalue weighted by molar-refractivity contribution is -0.192. The molecule has 5 rings (SSSR count). The number of carboxylic acids is 1. The van der Waals surface area contributed by atoms with Gasteiger partial charge < -0.3 is 20.1 Å².